The van der Waals surface area contributed by atoms with E-state index in [1.807, 2.05) is 0 Å². The standard InChI is InChI=1S/C5H9NO2.C4H9NO2S/c7-5(8)4-2-1-3-6-4;5-3(1-2-8)4(6)7/h4,6H,1-3H2,(H,7,8);3,8H,1-2,5H2,(H,6,7)/t4-;3-/m00/s1. The minimum Gasteiger partial charge on any atom is -0.480 e. The zero-order chi connectivity index (χ0) is 12.6. The number of carboxylic acid groups (broad SMARTS) is 2. The third-order valence-electron chi connectivity index (χ3n) is 2.12. The number of hydrogen-bond donors (Lipinski definition) is 5. The monoisotopic (exact) mass is 250 g/mol. The van der Waals surface area contributed by atoms with Gasteiger partial charge in [-0.15, -0.1) is 0 Å². The van der Waals surface area contributed by atoms with Gasteiger partial charge in [0.25, 0.3) is 0 Å². The van der Waals surface area contributed by atoms with Crippen molar-refractivity contribution in [2.45, 2.75) is 31.3 Å². The Balaban J connectivity index is 0.000000281. The van der Waals surface area contributed by atoms with Crippen LogP contribution in [-0.2, 0) is 9.59 Å². The molecule has 0 aliphatic carbocycles. The van der Waals surface area contributed by atoms with E-state index in [0.29, 0.717) is 12.2 Å². The topological polar surface area (TPSA) is 113 Å². The van der Waals surface area contributed by atoms with Crippen LogP contribution in [0.2, 0.25) is 0 Å². The van der Waals surface area contributed by atoms with Crippen molar-refractivity contribution in [3.63, 3.8) is 0 Å². The Bertz CT molecular complexity index is 232. The van der Waals surface area contributed by atoms with Crippen LogP contribution in [0.4, 0.5) is 0 Å². The molecule has 1 rings (SSSR count). The summed E-state index contributed by atoms with van der Waals surface area (Å²) in [6.07, 6.45) is 2.21. The maximum atomic E-state index is 10.1. The number of carbonyl (C=O) groups is 2. The van der Waals surface area contributed by atoms with Crippen molar-refractivity contribution in [1.29, 1.82) is 0 Å². The predicted octanol–water partition coefficient (Wildman–Crippen LogP) is -0.459. The van der Waals surface area contributed by atoms with Crippen molar-refractivity contribution in [3.05, 3.63) is 0 Å². The van der Waals surface area contributed by atoms with Gasteiger partial charge in [0.1, 0.15) is 12.1 Å². The van der Waals surface area contributed by atoms with Gasteiger partial charge >= 0.3 is 11.9 Å². The number of aliphatic carboxylic acids is 2. The molecule has 1 heterocycles. The van der Waals surface area contributed by atoms with Gasteiger partial charge in [-0.2, -0.15) is 12.6 Å². The molecule has 1 aliphatic rings. The molecule has 0 bridgehead atoms. The summed E-state index contributed by atoms with van der Waals surface area (Å²) in [4.78, 5) is 20.1. The van der Waals surface area contributed by atoms with Crippen LogP contribution in [0, 0.1) is 0 Å². The van der Waals surface area contributed by atoms with Crippen LogP contribution in [0.3, 0.4) is 0 Å². The van der Waals surface area contributed by atoms with Gasteiger partial charge in [0.15, 0.2) is 0 Å². The Kier molecular flexibility index (Phi) is 7.96. The van der Waals surface area contributed by atoms with Crippen molar-refractivity contribution < 1.29 is 19.8 Å². The van der Waals surface area contributed by atoms with E-state index in [2.05, 4.69) is 17.9 Å². The van der Waals surface area contributed by atoms with E-state index in [4.69, 9.17) is 15.9 Å². The highest BCUT2D eigenvalue weighted by Gasteiger charge is 2.20. The van der Waals surface area contributed by atoms with Gasteiger partial charge in [-0.25, -0.2) is 0 Å². The minimum atomic E-state index is -0.959. The van der Waals surface area contributed by atoms with E-state index in [1.54, 1.807) is 0 Å². The molecule has 0 aromatic carbocycles. The van der Waals surface area contributed by atoms with Crippen LogP contribution in [-0.4, -0.2) is 46.5 Å². The molecule has 6 nitrogen and oxygen atoms in total. The quantitative estimate of drug-likeness (QED) is 0.432. The molecule has 94 valence electrons. The molecule has 16 heavy (non-hydrogen) atoms. The van der Waals surface area contributed by atoms with Gasteiger partial charge in [-0.1, -0.05) is 0 Å². The zero-order valence-electron chi connectivity index (χ0n) is 8.93. The number of nitrogens with two attached hydrogens (primary N) is 1. The van der Waals surface area contributed by atoms with Gasteiger partial charge in [0, 0.05) is 0 Å². The van der Waals surface area contributed by atoms with E-state index in [9.17, 15) is 9.59 Å². The van der Waals surface area contributed by atoms with E-state index < -0.39 is 18.0 Å². The van der Waals surface area contributed by atoms with Crippen molar-refractivity contribution in [3.8, 4) is 0 Å². The summed E-state index contributed by atoms with van der Waals surface area (Å²) in [6.45, 7) is 0.858. The second kappa shape index (κ2) is 8.37. The van der Waals surface area contributed by atoms with E-state index in [0.717, 1.165) is 19.4 Å². The summed E-state index contributed by atoms with van der Waals surface area (Å²) >= 11 is 3.81. The van der Waals surface area contributed by atoms with Crippen LogP contribution in [0.1, 0.15) is 19.3 Å². The first-order chi connectivity index (χ1) is 7.49. The molecule has 0 radical (unpaired) electrons. The second-order valence-electron chi connectivity index (χ2n) is 3.44. The molecular formula is C9H18N2O4S. The summed E-state index contributed by atoms with van der Waals surface area (Å²) in [5, 5.41) is 19.4. The Morgan fingerprint density at radius 3 is 2.31 bits per heavy atom. The molecule has 1 saturated heterocycles. The molecule has 5 N–H and O–H groups in total. The molecule has 0 unspecified atom stereocenters. The van der Waals surface area contributed by atoms with Crippen LogP contribution in [0.5, 0.6) is 0 Å². The molecule has 1 fully saturated rings. The van der Waals surface area contributed by atoms with Crippen LogP contribution in [0.25, 0.3) is 0 Å². The zero-order valence-corrected chi connectivity index (χ0v) is 9.82. The SMILES string of the molecule is N[C@@H](CCS)C(=O)O.O=C(O)[C@@H]1CCCN1. The lowest BCUT2D eigenvalue weighted by Crippen LogP contribution is -2.30. The second-order valence-corrected chi connectivity index (χ2v) is 3.89. The maximum absolute atomic E-state index is 10.1. The summed E-state index contributed by atoms with van der Waals surface area (Å²) in [7, 11) is 0. The Hall–Kier alpha value is -0.790. The number of thiol groups is 1. The molecule has 0 aromatic heterocycles. The van der Waals surface area contributed by atoms with Gasteiger partial charge in [-0.05, 0) is 31.6 Å². The minimum absolute atomic E-state index is 0.269. The smallest absolute Gasteiger partial charge is 0.320 e. The van der Waals surface area contributed by atoms with E-state index in [-0.39, 0.29) is 6.04 Å². The normalized spacial score (nSPS) is 20.8. The van der Waals surface area contributed by atoms with Crippen molar-refractivity contribution >= 4 is 24.6 Å². The lowest BCUT2D eigenvalue weighted by atomic mass is 10.2. The maximum Gasteiger partial charge on any atom is 0.320 e. The van der Waals surface area contributed by atoms with Gasteiger partial charge in [0.2, 0.25) is 0 Å². The first-order valence-corrected chi connectivity index (χ1v) is 5.67. The highest BCUT2D eigenvalue weighted by atomic mass is 32.1. The van der Waals surface area contributed by atoms with Crippen molar-refractivity contribution in [2.75, 3.05) is 12.3 Å². The number of rotatable bonds is 4. The lowest BCUT2D eigenvalue weighted by molar-refractivity contribution is -0.139. The van der Waals surface area contributed by atoms with Crippen LogP contribution >= 0.6 is 12.6 Å². The first-order valence-electron chi connectivity index (χ1n) is 5.04. The first kappa shape index (κ1) is 15.2. The van der Waals surface area contributed by atoms with Gasteiger partial charge in [-0.3, -0.25) is 9.59 Å². The molecule has 0 spiro atoms. The lowest BCUT2D eigenvalue weighted by Gasteiger charge is -2.00. The average molecular weight is 250 g/mol. The fourth-order valence-electron chi connectivity index (χ4n) is 1.16. The molecule has 2 atom stereocenters. The number of nitrogens with one attached hydrogen (secondary N) is 1. The van der Waals surface area contributed by atoms with Crippen molar-refractivity contribution in [1.82, 2.24) is 5.32 Å². The molecule has 1 aliphatic heterocycles. The molecule has 0 amide bonds. The largest absolute Gasteiger partial charge is 0.480 e. The predicted molar refractivity (Wildman–Crippen MR) is 62.7 cm³/mol. The fraction of sp³-hybridized carbons (Fsp3) is 0.778. The summed E-state index contributed by atoms with van der Waals surface area (Å²) in [6, 6.07) is -1.01. The van der Waals surface area contributed by atoms with Gasteiger partial charge < -0.3 is 21.3 Å². The highest BCUT2D eigenvalue weighted by Crippen LogP contribution is 2.03. The fourth-order valence-corrected chi connectivity index (χ4v) is 1.44. The third kappa shape index (κ3) is 6.65. The van der Waals surface area contributed by atoms with E-state index >= 15 is 0 Å². The van der Waals surface area contributed by atoms with E-state index in [1.165, 1.54) is 0 Å². The molecule has 0 aromatic rings. The molecular weight excluding hydrogens is 232 g/mol. The summed E-state index contributed by atoms with van der Waals surface area (Å²) < 4.78 is 0. The third-order valence-corrected chi connectivity index (χ3v) is 2.37. The Labute approximate surface area is 99.6 Å². The summed E-state index contributed by atoms with van der Waals surface area (Å²) in [5.74, 6) is -1.16. The van der Waals surface area contributed by atoms with Crippen LogP contribution < -0.4 is 11.1 Å². The number of hydrogen-bond acceptors (Lipinski definition) is 5. The van der Waals surface area contributed by atoms with Crippen molar-refractivity contribution in [2.24, 2.45) is 5.73 Å². The Morgan fingerprint density at radius 2 is 2.12 bits per heavy atom. The Morgan fingerprint density at radius 1 is 1.50 bits per heavy atom. The highest BCUT2D eigenvalue weighted by molar-refractivity contribution is 7.80. The molecule has 7 heteroatoms. The van der Waals surface area contributed by atoms with Crippen LogP contribution in [0.15, 0.2) is 0 Å². The average Bonchev–Trinajstić information content (AvgIpc) is 2.71. The molecule has 0 saturated carbocycles. The number of carboxylic acids is 2. The summed E-state index contributed by atoms with van der Waals surface area (Å²) in [5.41, 5.74) is 5.08. The van der Waals surface area contributed by atoms with Gasteiger partial charge in [0.05, 0.1) is 0 Å².